The molecule has 6 heteroatoms. The molecule has 2 aliphatic heterocycles. The maximum absolute atomic E-state index is 12.7. The molecule has 28 heavy (non-hydrogen) atoms. The van der Waals surface area contributed by atoms with Crippen molar-refractivity contribution >= 4 is 11.7 Å². The highest BCUT2D eigenvalue weighted by molar-refractivity contribution is 5.91. The van der Waals surface area contributed by atoms with Crippen LogP contribution in [0.3, 0.4) is 0 Å². The second kappa shape index (κ2) is 7.48. The molecular formula is C22H31N3O3. The molecule has 0 radical (unpaired) electrons. The van der Waals surface area contributed by atoms with Gasteiger partial charge in [0.25, 0.3) is 0 Å². The molecule has 1 saturated carbocycles. The van der Waals surface area contributed by atoms with E-state index in [0.29, 0.717) is 12.8 Å². The van der Waals surface area contributed by atoms with Crippen molar-refractivity contribution in [3.63, 3.8) is 0 Å². The fraction of sp³-hybridized carbons (Fsp3) is 0.636. The van der Waals surface area contributed by atoms with Crippen molar-refractivity contribution in [3.05, 3.63) is 29.3 Å². The summed E-state index contributed by atoms with van der Waals surface area (Å²) < 4.78 is 6.21. The van der Waals surface area contributed by atoms with Crippen LogP contribution in [0.5, 0.6) is 5.75 Å². The van der Waals surface area contributed by atoms with Gasteiger partial charge in [0.1, 0.15) is 17.9 Å². The van der Waals surface area contributed by atoms with Gasteiger partial charge < -0.3 is 19.9 Å². The topological polar surface area (TPSA) is 61.9 Å². The minimum absolute atomic E-state index is 0.0581. The normalized spacial score (nSPS) is 30.5. The van der Waals surface area contributed by atoms with Crippen molar-refractivity contribution in [1.29, 1.82) is 0 Å². The Morgan fingerprint density at radius 2 is 2.04 bits per heavy atom. The van der Waals surface area contributed by atoms with Crippen molar-refractivity contribution in [2.24, 2.45) is 0 Å². The second-order valence-corrected chi connectivity index (χ2v) is 8.86. The largest absolute Gasteiger partial charge is 0.487 e. The predicted molar refractivity (Wildman–Crippen MR) is 108 cm³/mol. The van der Waals surface area contributed by atoms with Gasteiger partial charge >= 0.3 is 0 Å². The summed E-state index contributed by atoms with van der Waals surface area (Å²) in [5.41, 5.74) is 2.13. The van der Waals surface area contributed by atoms with E-state index in [2.05, 4.69) is 42.1 Å². The van der Waals surface area contributed by atoms with Crippen molar-refractivity contribution < 1.29 is 14.3 Å². The summed E-state index contributed by atoms with van der Waals surface area (Å²) in [5, 5.41) is 3.01. The van der Waals surface area contributed by atoms with Crippen LogP contribution in [0.25, 0.3) is 0 Å². The summed E-state index contributed by atoms with van der Waals surface area (Å²) in [6.07, 6.45) is 1.34. The van der Waals surface area contributed by atoms with Gasteiger partial charge in [0.2, 0.25) is 5.91 Å². The van der Waals surface area contributed by atoms with Gasteiger partial charge in [-0.2, -0.15) is 0 Å². The van der Waals surface area contributed by atoms with E-state index in [1.807, 2.05) is 12.1 Å². The molecule has 1 aromatic rings. The van der Waals surface area contributed by atoms with Gasteiger partial charge in [-0.05, 0) is 26.5 Å². The Morgan fingerprint density at radius 3 is 2.79 bits per heavy atom. The summed E-state index contributed by atoms with van der Waals surface area (Å²) in [4.78, 5) is 29.9. The zero-order valence-corrected chi connectivity index (χ0v) is 17.2. The van der Waals surface area contributed by atoms with Crippen molar-refractivity contribution in [2.75, 3.05) is 39.8 Å². The van der Waals surface area contributed by atoms with E-state index in [4.69, 9.17) is 4.74 Å². The first-order valence-electron chi connectivity index (χ1n) is 10.4. The number of hydrogen-bond donors (Lipinski definition) is 1. The number of ketones is 1. The van der Waals surface area contributed by atoms with Crippen LogP contribution in [0.2, 0.25) is 0 Å². The number of aryl methyl sites for hydroxylation is 1. The number of Topliss-reactive ketones (excluding diaryl/α,β-unsaturated/α-hetero) is 1. The first-order valence-corrected chi connectivity index (χ1v) is 10.4. The fourth-order valence-corrected chi connectivity index (χ4v) is 4.77. The lowest BCUT2D eigenvalue weighted by atomic mass is 9.67. The summed E-state index contributed by atoms with van der Waals surface area (Å²) >= 11 is 0. The first kappa shape index (κ1) is 19.4. The highest BCUT2D eigenvalue weighted by atomic mass is 16.5. The first-order chi connectivity index (χ1) is 13.4. The summed E-state index contributed by atoms with van der Waals surface area (Å²) in [6.45, 7) is 9.03. The number of piperazine rings is 1. The smallest absolute Gasteiger partial charge is 0.221 e. The molecule has 3 atom stereocenters. The SMILES string of the molecule is Cc1ccc2c(c1)C1(C)CCC(=O)C(NC(=O)CCN3CCN(C)CC3)C1O2. The molecule has 6 nitrogen and oxygen atoms in total. The molecule has 0 aromatic heterocycles. The fourth-order valence-electron chi connectivity index (χ4n) is 4.77. The quantitative estimate of drug-likeness (QED) is 0.851. The number of nitrogens with one attached hydrogen (secondary N) is 1. The van der Waals surface area contributed by atoms with E-state index in [0.717, 1.165) is 44.9 Å². The second-order valence-electron chi connectivity index (χ2n) is 8.86. The van der Waals surface area contributed by atoms with E-state index in [1.54, 1.807) is 0 Å². The monoisotopic (exact) mass is 385 g/mol. The third-order valence-corrected chi connectivity index (χ3v) is 6.74. The molecule has 0 spiro atoms. The predicted octanol–water partition coefficient (Wildman–Crippen LogP) is 1.50. The zero-order chi connectivity index (χ0) is 19.9. The number of carbonyl (C=O) groups excluding carboxylic acids is 2. The number of carbonyl (C=O) groups is 2. The number of benzene rings is 1. The minimum atomic E-state index is -0.563. The molecule has 2 fully saturated rings. The Balaban J connectivity index is 1.41. The molecular weight excluding hydrogens is 354 g/mol. The number of amides is 1. The third-order valence-electron chi connectivity index (χ3n) is 6.74. The lowest BCUT2D eigenvalue weighted by Gasteiger charge is -2.39. The van der Waals surface area contributed by atoms with Gasteiger partial charge in [0.05, 0.1) is 0 Å². The Bertz CT molecular complexity index is 772. The zero-order valence-electron chi connectivity index (χ0n) is 17.2. The average molecular weight is 386 g/mol. The number of nitrogens with zero attached hydrogens (tertiary/aromatic N) is 2. The highest BCUT2D eigenvalue weighted by Gasteiger charge is 2.54. The van der Waals surface area contributed by atoms with Gasteiger partial charge in [-0.1, -0.05) is 24.6 Å². The number of hydrogen-bond acceptors (Lipinski definition) is 5. The van der Waals surface area contributed by atoms with E-state index < -0.39 is 6.04 Å². The molecule has 1 N–H and O–H groups in total. The van der Waals surface area contributed by atoms with Gasteiger partial charge in [-0.15, -0.1) is 0 Å². The molecule has 3 unspecified atom stereocenters. The molecule has 1 amide bonds. The maximum atomic E-state index is 12.7. The van der Waals surface area contributed by atoms with Gasteiger partial charge in [0.15, 0.2) is 5.78 Å². The lowest BCUT2D eigenvalue weighted by molar-refractivity contribution is -0.133. The third kappa shape index (κ3) is 3.55. The van der Waals surface area contributed by atoms with Crippen LogP contribution in [0, 0.1) is 6.92 Å². The number of fused-ring (bicyclic) bond motifs is 3. The molecule has 4 rings (SSSR count). The molecule has 0 bridgehead atoms. The van der Waals surface area contributed by atoms with Crippen LogP contribution < -0.4 is 10.1 Å². The van der Waals surface area contributed by atoms with Crippen LogP contribution in [0.1, 0.15) is 37.3 Å². The van der Waals surface area contributed by atoms with Crippen molar-refractivity contribution in [2.45, 2.75) is 50.7 Å². The Morgan fingerprint density at radius 1 is 1.29 bits per heavy atom. The van der Waals surface area contributed by atoms with Crippen LogP contribution in [0.4, 0.5) is 0 Å². The standard InChI is InChI=1S/C22H31N3O3/c1-15-4-5-18-16(14-15)22(2)8-6-17(26)20(21(22)28-18)23-19(27)7-9-25-12-10-24(3)11-13-25/h4-5,14,20-21H,6-13H2,1-3H3,(H,23,27). The molecule has 2 heterocycles. The Kier molecular flexibility index (Phi) is 5.19. The van der Waals surface area contributed by atoms with Gasteiger partial charge in [-0.25, -0.2) is 0 Å². The number of ether oxygens (including phenoxy) is 1. The Hall–Kier alpha value is -1.92. The van der Waals surface area contributed by atoms with Crippen molar-refractivity contribution in [1.82, 2.24) is 15.1 Å². The Labute approximate surface area is 167 Å². The van der Waals surface area contributed by atoms with E-state index >= 15 is 0 Å². The van der Waals surface area contributed by atoms with Crippen LogP contribution >= 0.6 is 0 Å². The van der Waals surface area contributed by atoms with Gasteiger partial charge in [-0.3, -0.25) is 9.59 Å². The van der Waals surface area contributed by atoms with E-state index in [1.165, 1.54) is 11.1 Å². The van der Waals surface area contributed by atoms with Crippen LogP contribution in [-0.2, 0) is 15.0 Å². The average Bonchev–Trinajstić information content (AvgIpc) is 2.97. The summed E-state index contributed by atoms with van der Waals surface area (Å²) in [5.74, 6) is 0.877. The molecule has 1 aliphatic carbocycles. The highest BCUT2D eigenvalue weighted by Crippen LogP contribution is 2.49. The lowest BCUT2D eigenvalue weighted by Crippen LogP contribution is -2.59. The van der Waals surface area contributed by atoms with Crippen molar-refractivity contribution in [3.8, 4) is 5.75 Å². The molecule has 152 valence electrons. The summed E-state index contributed by atoms with van der Waals surface area (Å²) in [7, 11) is 2.12. The minimum Gasteiger partial charge on any atom is -0.487 e. The molecule has 1 aromatic carbocycles. The molecule has 3 aliphatic rings. The van der Waals surface area contributed by atoms with Crippen LogP contribution in [-0.4, -0.2) is 73.4 Å². The summed E-state index contributed by atoms with van der Waals surface area (Å²) in [6, 6.07) is 5.62. The number of rotatable bonds is 4. The van der Waals surface area contributed by atoms with Crippen LogP contribution in [0.15, 0.2) is 18.2 Å². The molecule has 1 saturated heterocycles. The number of likely N-dealkylation sites (N-methyl/N-ethyl adjacent to an activating group) is 1. The van der Waals surface area contributed by atoms with E-state index in [-0.39, 0.29) is 23.2 Å². The van der Waals surface area contributed by atoms with Gasteiger partial charge in [0, 0.05) is 56.5 Å². The van der Waals surface area contributed by atoms with E-state index in [9.17, 15) is 9.59 Å². The maximum Gasteiger partial charge on any atom is 0.221 e.